The summed E-state index contributed by atoms with van der Waals surface area (Å²) in [4.78, 5) is 27.2. The highest BCUT2D eigenvalue weighted by atomic mass is 16.6. The molecule has 0 aliphatic heterocycles. The lowest BCUT2D eigenvalue weighted by Gasteiger charge is -2.44. The van der Waals surface area contributed by atoms with Gasteiger partial charge in [0.2, 0.25) is 0 Å². The van der Waals surface area contributed by atoms with Crippen LogP contribution < -0.4 is 0 Å². The molecule has 2 aliphatic rings. The van der Waals surface area contributed by atoms with Crippen molar-refractivity contribution in [1.29, 1.82) is 0 Å². The van der Waals surface area contributed by atoms with E-state index in [0.29, 0.717) is 0 Å². The third-order valence-corrected chi connectivity index (χ3v) is 7.60. The van der Waals surface area contributed by atoms with Crippen molar-refractivity contribution in [3.63, 3.8) is 0 Å². The third kappa shape index (κ3) is 3.67. The van der Waals surface area contributed by atoms with E-state index in [1.54, 1.807) is 13.8 Å². The summed E-state index contributed by atoms with van der Waals surface area (Å²) in [7, 11) is 0. The Hall–Kier alpha value is -3.66. The van der Waals surface area contributed by atoms with Crippen LogP contribution in [-0.2, 0) is 30.9 Å². The summed E-state index contributed by atoms with van der Waals surface area (Å²) < 4.78 is 11.1. The molecule has 0 fully saturated rings. The molecule has 36 heavy (non-hydrogen) atoms. The fourth-order valence-corrected chi connectivity index (χ4v) is 5.98. The fourth-order valence-electron chi connectivity index (χ4n) is 5.98. The van der Waals surface area contributed by atoms with E-state index in [1.807, 2.05) is 18.2 Å². The molecule has 2 aliphatic carbocycles. The smallest absolute Gasteiger partial charge is 0.323 e. The topological polar surface area (TPSA) is 52.6 Å². The van der Waals surface area contributed by atoms with Crippen LogP contribution in [0.2, 0.25) is 0 Å². The van der Waals surface area contributed by atoms with Crippen LogP contribution in [0.15, 0.2) is 72.8 Å². The van der Waals surface area contributed by atoms with Gasteiger partial charge in [0.25, 0.3) is 0 Å². The van der Waals surface area contributed by atoms with Gasteiger partial charge in [0, 0.05) is 5.41 Å². The van der Waals surface area contributed by atoms with Crippen molar-refractivity contribution in [3.05, 3.63) is 112 Å². The van der Waals surface area contributed by atoms with Gasteiger partial charge in [-0.3, -0.25) is 9.59 Å². The Bertz CT molecular complexity index is 1350. The molecule has 4 heteroatoms. The van der Waals surface area contributed by atoms with Crippen LogP contribution in [0.5, 0.6) is 0 Å². The predicted octanol–water partition coefficient (Wildman–Crippen LogP) is 6.09. The van der Waals surface area contributed by atoms with Crippen LogP contribution in [0.25, 0.3) is 5.57 Å². The minimum atomic E-state index is -1.43. The molecule has 0 bridgehead atoms. The molecule has 1 atom stereocenters. The van der Waals surface area contributed by atoms with Gasteiger partial charge in [0.1, 0.15) is 0 Å². The van der Waals surface area contributed by atoms with E-state index in [2.05, 4.69) is 68.5 Å². The molecule has 0 N–H and O–H groups in total. The van der Waals surface area contributed by atoms with E-state index in [9.17, 15) is 9.59 Å². The average Bonchev–Trinajstić information content (AvgIpc) is 3.18. The standard InChI is InChI=1S/C32H32O4/c1-5-35-29(33)32(30(34)36-6-2)18-24-9-7-8-10-27(24)31(20-32)19-26(23-14-11-21(3)12-15-23)25-16-13-22(4)17-28(25)31/h7-17,19H,5-6,18,20H2,1-4H3. The van der Waals surface area contributed by atoms with Gasteiger partial charge in [-0.1, -0.05) is 83.9 Å². The molecule has 184 valence electrons. The Morgan fingerprint density at radius 2 is 1.44 bits per heavy atom. The van der Waals surface area contributed by atoms with Crippen molar-refractivity contribution < 1.29 is 19.1 Å². The van der Waals surface area contributed by atoms with Gasteiger partial charge < -0.3 is 9.47 Å². The molecular formula is C32H32O4. The number of esters is 2. The van der Waals surface area contributed by atoms with Crippen LogP contribution in [0, 0.1) is 19.3 Å². The minimum absolute atomic E-state index is 0.203. The maximum atomic E-state index is 13.6. The van der Waals surface area contributed by atoms with Crippen LogP contribution in [0.1, 0.15) is 59.2 Å². The number of carbonyl (C=O) groups is 2. The second-order valence-electron chi connectivity index (χ2n) is 9.98. The maximum absolute atomic E-state index is 13.6. The summed E-state index contributed by atoms with van der Waals surface area (Å²) in [6.45, 7) is 8.11. The predicted molar refractivity (Wildman–Crippen MR) is 141 cm³/mol. The Labute approximate surface area is 213 Å². The second-order valence-corrected chi connectivity index (χ2v) is 9.98. The lowest BCUT2D eigenvalue weighted by molar-refractivity contribution is -0.174. The van der Waals surface area contributed by atoms with Gasteiger partial charge in [0.15, 0.2) is 5.41 Å². The van der Waals surface area contributed by atoms with Crippen molar-refractivity contribution in [2.75, 3.05) is 13.2 Å². The van der Waals surface area contributed by atoms with Gasteiger partial charge in [-0.05, 0) is 73.9 Å². The maximum Gasteiger partial charge on any atom is 0.323 e. The number of rotatable bonds is 5. The highest BCUT2D eigenvalue weighted by molar-refractivity contribution is 6.02. The van der Waals surface area contributed by atoms with Crippen molar-refractivity contribution in [3.8, 4) is 0 Å². The molecule has 3 aromatic rings. The Balaban J connectivity index is 1.81. The first kappa shape index (κ1) is 24.1. The molecule has 4 nitrogen and oxygen atoms in total. The number of allylic oxidation sites excluding steroid dienone is 1. The quantitative estimate of drug-likeness (QED) is 0.327. The van der Waals surface area contributed by atoms with Crippen LogP contribution in [-0.4, -0.2) is 25.2 Å². The van der Waals surface area contributed by atoms with Gasteiger partial charge in [-0.2, -0.15) is 0 Å². The molecule has 0 aromatic heterocycles. The number of carbonyl (C=O) groups excluding carboxylic acids is 2. The molecule has 0 heterocycles. The molecule has 0 radical (unpaired) electrons. The van der Waals surface area contributed by atoms with E-state index >= 15 is 0 Å². The Morgan fingerprint density at radius 1 is 0.806 bits per heavy atom. The molecule has 1 unspecified atom stereocenters. The molecule has 5 rings (SSSR count). The molecule has 3 aromatic carbocycles. The Morgan fingerprint density at radius 3 is 2.11 bits per heavy atom. The first-order chi connectivity index (χ1) is 17.3. The van der Waals surface area contributed by atoms with Crippen LogP contribution in [0.4, 0.5) is 0 Å². The van der Waals surface area contributed by atoms with Crippen LogP contribution >= 0.6 is 0 Å². The zero-order chi connectivity index (χ0) is 25.5. The third-order valence-electron chi connectivity index (χ3n) is 7.60. The average molecular weight is 481 g/mol. The highest BCUT2D eigenvalue weighted by Crippen LogP contribution is 2.57. The second kappa shape index (κ2) is 9.09. The number of benzene rings is 3. The summed E-state index contributed by atoms with van der Waals surface area (Å²) in [5.74, 6) is -1.02. The van der Waals surface area contributed by atoms with Gasteiger partial charge in [-0.15, -0.1) is 0 Å². The summed E-state index contributed by atoms with van der Waals surface area (Å²) in [5.41, 5.74) is 6.80. The number of hydrogen-bond donors (Lipinski definition) is 0. The monoisotopic (exact) mass is 480 g/mol. The van der Waals surface area contributed by atoms with E-state index in [1.165, 1.54) is 5.56 Å². The van der Waals surface area contributed by atoms with Crippen molar-refractivity contribution >= 4 is 17.5 Å². The molecule has 1 spiro atoms. The zero-order valence-electron chi connectivity index (χ0n) is 21.4. The Kier molecular flexibility index (Phi) is 6.07. The van der Waals surface area contributed by atoms with Gasteiger partial charge >= 0.3 is 11.9 Å². The number of ether oxygens (including phenoxy) is 2. The highest BCUT2D eigenvalue weighted by Gasteiger charge is 2.59. The summed E-state index contributed by atoms with van der Waals surface area (Å²) in [6, 6.07) is 23.2. The minimum Gasteiger partial charge on any atom is -0.465 e. The zero-order valence-corrected chi connectivity index (χ0v) is 21.4. The van der Waals surface area contributed by atoms with E-state index in [-0.39, 0.29) is 26.1 Å². The first-order valence-corrected chi connectivity index (χ1v) is 12.7. The molecule has 0 saturated heterocycles. The summed E-state index contributed by atoms with van der Waals surface area (Å²) >= 11 is 0. The van der Waals surface area contributed by atoms with Crippen molar-refractivity contribution in [1.82, 2.24) is 0 Å². The van der Waals surface area contributed by atoms with Crippen molar-refractivity contribution in [2.45, 2.75) is 46.0 Å². The fraction of sp³-hybridized carbons (Fsp3) is 0.312. The largest absolute Gasteiger partial charge is 0.465 e. The van der Waals surface area contributed by atoms with E-state index in [4.69, 9.17) is 9.47 Å². The normalized spacial score (nSPS) is 19.3. The summed E-state index contributed by atoms with van der Waals surface area (Å²) in [6.07, 6.45) is 2.80. The van der Waals surface area contributed by atoms with E-state index in [0.717, 1.165) is 39.0 Å². The molecule has 0 saturated carbocycles. The SMILES string of the molecule is CCOC(=O)C1(C(=O)OCC)Cc2ccccc2C2(C=C(c3ccc(C)cc3)c3ccc(C)cc32)C1. The van der Waals surface area contributed by atoms with Gasteiger partial charge in [-0.25, -0.2) is 0 Å². The lowest BCUT2D eigenvalue weighted by atomic mass is 9.57. The number of aryl methyl sites for hydroxylation is 2. The number of fused-ring (bicyclic) bond motifs is 4. The molecular weight excluding hydrogens is 448 g/mol. The van der Waals surface area contributed by atoms with E-state index < -0.39 is 22.8 Å². The lowest BCUT2D eigenvalue weighted by Crippen LogP contribution is -2.51. The first-order valence-electron chi connectivity index (χ1n) is 12.7. The summed E-state index contributed by atoms with van der Waals surface area (Å²) in [5, 5.41) is 0. The van der Waals surface area contributed by atoms with Gasteiger partial charge in [0.05, 0.1) is 13.2 Å². The van der Waals surface area contributed by atoms with Crippen LogP contribution in [0.3, 0.4) is 0 Å². The number of hydrogen-bond acceptors (Lipinski definition) is 4. The van der Waals surface area contributed by atoms with Crippen molar-refractivity contribution in [2.24, 2.45) is 5.41 Å². The molecule has 0 amide bonds.